The molecule has 0 aliphatic rings. The zero-order valence-corrected chi connectivity index (χ0v) is 15.3. The summed E-state index contributed by atoms with van der Waals surface area (Å²) in [5, 5.41) is 18.5. The van der Waals surface area contributed by atoms with Gasteiger partial charge in [0.2, 0.25) is 0 Å². The summed E-state index contributed by atoms with van der Waals surface area (Å²) in [5.41, 5.74) is 2.79. The van der Waals surface area contributed by atoms with E-state index in [1.54, 1.807) is 0 Å². The molecule has 4 nitrogen and oxygen atoms in total. The van der Waals surface area contributed by atoms with Gasteiger partial charge in [-0.25, -0.2) is 9.97 Å². The maximum atomic E-state index is 9.26. The van der Waals surface area contributed by atoms with Gasteiger partial charge in [0.15, 0.2) is 11.4 Å². The Kier molecular flexibility index (Phi) is 4.71. The van der Waals surface area contributed by atoms with Gasteiger partial charge in [0.1, 0.15) is 12.1 Å². The summed E-state index contributed by atoms with van der Waals surface area (Å²) in [6, 6.07) is 19.1. The number of halogens is 2. The Bertz CT molecular complexity index is 934. The molecule has 1 aromatic heterocycles. The first-order valence-corrected chi connectivity index (χ1v) is 8.45. The SMILES string of the molecule is N#Cc1nc(-c2cccc(Br)c2)c(-c2cccc(Br)c2)nc1C#N. The maximum Gasteiger partial charge on any atom is 0.177 e. The fourth-order valence-corrected chi connectivity index (χ4v) is 3.06. The summed E-state index contributed by atoms with van der Waals surface area (Å²) in [4.78, 5) is 8.79. The lowest BCUT2D eigenvalue weighted by Crippen LogP contribution is -2.01. The Balaban J connectivity index is 2.34. The van der Waals surface area contributed by atoms with Gasteiger partial charge in [-0.3, -0.25) is 0 Å². The predicted octanol–water partition coefficient (Wildman–Crippen LogP) is 5.08. The third-order valence-corrected chi connectivity index (χ3v) is 4.29. The molecule has 0 amide bonds. The molecule has 0 saturated carbocycles. The lowest BCUT2D eigenvalue weighted by molar-refractivity contribution is 1.14. The fourth-order valence-electron chi connectivity index (χ4n) is 2.27. The highest BCUT2D eigenvalue weighted by Crippen LogP contribution is 2.32. The molecule has 1 heterocycles. The minimum atomic E-state index is 0.0197. The minimum absolute atomic E-state index is 0.0197. The van der Waals surface area contributed by atoms with Crippen molar-refractivity contribution in [2.24, 2.45) is 0 Å². The summed E-state index contributed by atoms with van der Waals surface area (Å²) in [7, 11) is 0. The first kappa shape index (κ1) is 16.3. The summed E-state index contributed by atoms with van der Waals surface area (Å²) in [6.45, 7) is 0. The van der Waals surface area contributed by atoms with Crippen molar-refractivity contribution in [3.8, 4) is 34.7 Å². The van der Waals surface area contributed by atoms with Crippen molar-refractivity contribution in [2.45, 2.75) is 0 Å². The zero-order valence-electron chi connectivity index (χ0n) is 12.2. The molecule has 114 valence electrons. The lowest BCUT2D eigenvalue weighted by atomic mass is 10.0. The molecule has 0 bridgehead atoms. The Hall–Kier alpha value is -2.54. The highest BCUT2D eigenvalue weighted by atomic mass is 79.9. The van der Waals surface area contributed by atoms with Crippen molar-refractivity contribution in [1.29, 1.82) is 10.5 Å². The number of rotatable bonds is 2. The molecule has 0 unspecified atom stereocenters. The van der Waals surface area contributed by atoms with Gasteiger partial charge < -0.3 is 0 Å². The van der Waals surface area contributed by atoms with E-state index in [0.29, 0.717) is 11.4 Å². The van der Waals surface area contributed by atoms with E-state index < -0.39 is 0 Å². The summed E-state index contributed by atoms with van der Waals surface area (Å²) in [5.74, 6) is 0. The van der Waals surface area contributed by atoms with Crippen LogP contribution in [0.1, 0.15) is 11.4 Å². The van der Waals surface area contributed by atoms with Crippen molar-refractivity contribution in [3.63, 3.8) is 0 Å². The van der Waals surface area contributed by atoms with Gasteiger partial charge in [0.25, 0.3) is 0 Å². The number of nitrogens with zero attached hydrogens (tertiary/aromatic N) is 4. The monoisotopic (exact) mass is 438 g/mol. The average Bonchev–Trinajstić information content (AvgIpc) is 2.60. The first-order valence-electron chi connectivity index (χ1n) is 6.86. The van der Waals surface area contributed by atoms with Gasteiger partial charge in [-0.05, 0) is 24.3 Å². The van der Waals surface area contributed by atoms with E-state index in [9.17, 15) is 10.5 Å². The van der Waals surface area contributed by atoms with Crippen LogP contribution in [0.2, 0.25) is 0 Å². The van der Waals surface area contributed by atoms with Crippen LogP contribution in [0.3, 0.4) is 0 Å². The first-order chi connectivity index (χ1) is 11.6. The Morgan fingerprint density at radius 2 is 1.12 bits per heavy atom. The topological polar surface area (TPSA) is 73.4 Å². The molecule has 0 atom stereocenters. The van der Waals surface area contributed by atoms with E-state index in [-0.39, 0.29) is 11.4 Å². The number of nitriles is 2. The standard InChI is InChI=1S/C18H8Br2N4/c19-13-5-1-3-11(7-13)17-18(12-4-2-6-14(20)8-12)24-16(10-22)15(9-21)23-17/h1-8H. The van der Waals surface area contributed by atoms with E-state index in [1.165, 1.54) is 0 Å². The average molecular weight is 440 g/mol. The molecule has 0 spiro atoms. The normalized spacial score (nSPS) is 10.0. The van der Waals surface area contributed by atoms with Crippen molar-refractivity contribution < 1.29 is 0 Å². The van der Waals surface area contributed by atoms with Crippen LogP contribution in [0.5, 0.6) is 0 Å². The van der Waals surface area contributed by atoms with Crippen molar-refractivity contribution in [1.82, 2.24) is 9.97 Å². The van der Waals surface area contributed by atoms with Gasteiger partial charge in [0.05, 0.1) is 11.4 Å². The number of hydrogen-bond donors (Lipinski definition) is 0. The largest absolute Gasteiger partial charge is 0.232 e. The van der Waals surface area contributed by atoms with Crippen LogP contribution in [0.25, 0.3) is 22.5 Å². The lowest BCUT2D eigenvalue weighted by Gasteiger charge is -2.10. The molecule has 6 heteroatoms. The second-order valence-electron chi connectivity index (χ2n) is 4.86. The molecule has 0 N–H and O–H groups in total. The minimum Gasteiger partial charge on any atom is -0.232 e. The molecule has 3 aromatic rings. The molecule has 0 fully saturated rings. The van der Waals surface area contributed by atoms with Crippen LogP contribution in [-0.2, 0) is 0 Å². The molecular formula is C18H8Br2N4. The Labute approximate surface area is 155 Å². The molecule has 0 aliphatic carbocycles. The molecule has 24 heavy (non-hydrogen) atoms. The van der Waals surface area contributed by atoms with E-state index >= 15 is 0 Å². The maximum absolute atomic E-state index is 9.26. The molecular weight excluding hydrogens is 432 g/mol. The quantitative estimate of drug-likeness (QED) is 0.558. The van der Waals surface area contributed by atoms with Crippen LogP contribution in [0, 0.1) is 22.7 Å². The number of hydrogen-bond acceptors (Lipinski definition) is 4. The Morgan fingerprint density at radius 1 is 0.708 bits per heavy atom. The van der Waals surface area contributed by atoms with Crippen LogP contribution < -0.4 is 0 Å². The smallest absolute Gasteiger partial charge is 0.177 e. The molecule has 3 rings (SSSR count). The van der Waals surface area contributed by atoms with Crippen LogP contribution in [-0.4, -0.2) is 9.97 Å². The zero-order chi connectivity index (χ0) is 17.1. The van der Waals surface area contributed by atoms with E-state index in [4.69, 9.17) is 0 Å². The Morgan fingerprint density at radius 3 is 1.46 bits per heavy atom. The number of benzene rings is 2. The summed E-state index contributed by atoms with van der Waals surface area (Å²) < 4.78 is 1.79. The van der Waals surface area contributed by atoms with Gasteiger partial charge in [-0.15, -0.1) is 0 Å². The fraction of sp³-hybridized carbons (Fsp3) is 0. The van der Waals surface area contributed by atoms with Gasteiger partial charge in [-0.1, -0.05) is 56.1 Å². The second-order valence-corrected chi connectivity index (χ2v) is 6.69. The molecule has 0 saturated heterocycles. The third kappa shape index (κ3) is 3.21. The van der Waals surface area contributed by atoms with Crippen molar-refractivity contribution in [3.05, 3.63) is 68.9 Å². The van der Waals surface area contributed by atoms with Gasteiger partial charge >= 0.3 is 0 Å². The van der Waals surface area contributed by atoms with Gasteiger partial charge in [-0.2, -0.15) is 10.5 Å². The molecule has 0 radical (unpaired) electrons. The van der Waals surface area contributed by atoms with Crippen LogP contribution >= 0.6 is 31.9 Å². The van der Waals surface area contributed by atoms with Crippen molar-refractivity contribution >= 4 is 31.9 Å². The van der Waals surface area contributed by atoms with Crippen LogP contribution in [0.4, 0.5) is 0 Å². The van der Waals surface area contributed by atoms with Gasteiger partial charge in [0, 0.05) is 20.1 Å². The highest BCUT2D eigenvalue weighted by Gasteiger charge is 2.17. The van der Waals surface area contributed by atoms with Crippen LogP contribution in [0.15, 0.2) is 57.5 Å². The van der Waals surface area contributed by atoms with E-state index in [1.807, 2.05) is 60.7 Å². The van der Waals surface area contributed by atoms with E-state index in [0.717, 1.165) is 20.1 Å². The number of aromatic nitrogens is 2. The highest BCUT2D eigenvalue weighted by molar-refractivity contribution is 9.10. The molecule has 0 aliphatic heterocycles. The van der Waals surface area contributed by atoms with E-state index in [2.05, 4.69) is 41.8 Å². The second kappa shape index (κ2) is 6.92. The predicted molar refractivity (Wildman–Crippen MR) is 97.7 cm³/mol. The third-order valence-electron chi connectivity index (χ3n) is 3.30. The molecule has 2 aromatic carbocycles. The summed E-state index contributed by atoms with van der Waals surface area (Å²) >= 11 is 6.89. The summed E-state index contributed by atoms with van der Waals surface area (Å²) in [6.07, 6.45) is 0. The van der Waals surface area contributed by atoms with Crippen molar-refractivity contribution in [2.75, 3.05) is 0 Å².